The molecular formula is C21H25NO4. The summed E-state index contributed by atoms with van der Waals surface area (Å²) in [6, 6.07) is 16.2. The van der Waals surface area contributed by atoms with Crippen LogP contribution in [0.2, 0.25) is 0 Å². The number of ether oxygens (including phenoxy) is 2. The van der Waals surface area contributed by atoms with E-state index in [0.717, 1.165) is 12.0 Å². The first-order valence-corrected chi connectivity index (χ1v) is 8.65. The lowest BCUT2D eigenvalue weighted by Gasteiger charge is -2.21. The zero-order valence-electron chi connectivity index (χ0n) is 15.4. The van der Waals surface area contributed by atoms with E-state index in [9.17, 15) is 9.59 Å². The molecule has 0 unspecified atom stereocenters. The maximum absolute atomic E-state index is 12.2. The Hall–Kier alpha value is -2.82. The van der Waals surface area contributed by atoms with Gasteiger partial charge in [0.05, 0.1) is 18.7 Å². The Morgan fingerprint density at radius 2 is 1.65 bits per heavy atom. The topological polar surface area (TPSA) is 64.6 Å². The molecule has 0 aliphatic carbocycles. The largest absolute Gasteiger partial charge is 0.497 e. The van der Waals surface area contributed by atoms with E-state index >= 15 is 0 Å². The van der Waals surface area contributed by atoms with Gasteiger partial charge in [0, 0.05) is 0 Å². The molecule has 5 heteroatoms. The van der Waals surface area contributed by atoms with Crippen LogP contribution in [0, 0.1) is 5.92 Å². The summed E-state index contributed by atoms with van der Waals surface area (Å²) < 4.78 is 10.2. The number of carbonyl (C=O) groups is 2. The van der Waals surface area contributed by atoms with Crippen molar-refractivity contribution in [3.05, 3.63) is 65.7 Å². The van der Waals surface area contributed by atoms with Crippen LogP contribution >= 0.6 is 0 Å². The van der Waals surface area contributed by atoms with Crippen molar-refractivity contribution in [2.24, 2.45) is 5.92 Å². The molecule has 2 rings (SSSR count). The second-order valence-electron chi connectivity index (χ2n) is 6.46. The van der Waals surface area contributed by atoms with E-state index < -0.39 is 5.97 Å². The summed E-state index contributed by atoms with van der Waals surface area (Å²) in [5, 5.41) is 2.95. The van der Waals surface area contributed by atoms with E-state index in [4.69, 9.17) is 9.47 Å². The van der Waals surface area contributed by atoms with Crippen LogP contribution < -0.4 is 10.1 Å². The number of amides is 1. The van der Waals surface area contributed by atoms with Crippen molar-refractivity contribution in [2.75, 3.05) is 13.7 Å². The average molecular weight is 355 g/mol. The van der Waals surface area contributed by atoms with Crippen molar-refractivity contribution in [2.45, 2.75) is 26.3 Å². The lowest BCUT2D eigenvalue weighted by atomic mass is 9.97. The molecule has 0 saturated carbocycles. The minimum atomic E-state index is -0.539. The quantitative estimate of drug-likeness (QED) is 0.733. The molecule has 138 valence electrons. The lowest BCUT2D eigenvalue weighted by Crippen LogP contribution is -2.33. The first kappa shape index (κ1) is 19.5. The Balaban J connectivity index is 1.91. The average Bonchev–Trinajstić information content (AvgIpc) is 2.66. The Morgan fingerprint density at radius 1 is 1.00 bits per heavy atom. The lowest BCUT2D eigenvalue weighted by molar-refractivity contribution is -0.125. The molecule has 2 aromatic rings. The maximum atomic E-state index is 12.2. The molecular weight excluding hydrogens is 330 g/mol. The number of nitrogens with one attached hydrogen (secondary N) is 1. The molecule has 0 saturated heterocycles. The molecule has 1 N–H and O–H groups in total. The monoisotopic (exact) mass is 355 g/mol. The van der Waals surface area contributed by atoms with Crippen molar-refractivity contribution >= 4 is 11.9 Å². The van der Waals surface area contributed by atoms with Gasteiger partial charge in [0.1, 0.15) is 5.75 Å². The van der Waals surface area contributed by atoms with Crippen molar-refractivity contribution in [3.8, 4) is 5.75 Å². The van der Waals surface area contributed by atoms with Crippen LogP contribution in [-0.4, -0.2) is 25.6 Å². The van der Waals surface area contributed by atoms with E-state index in [1.165, 1.54) is 0 Å². The van der Waals surface area contributed by atoms with Gasteiger partial charge in [-0.1, -0.05) is 44.2 Å². The zero-order chi connectivity index (χ0) is 18.9. The van der Waals surface area contributed by atoms with Crippen LogP contribution in [0.4, 0.5) is 0 Å². The van der Waals surface area contributed by atoms with Crippen molar-refractivity contribution < 1.29 is 19.1 Å². The normalized spacial score (nSPS) is 11.7. The molecule has 1 atom stereocenters. The van der Waals surface area contributed by atoms with Gasteiger partial charge < -0.3 is 14.8 Å². The summed E-state index contributed by atoms with van der Waals surface area (Å²) in [4.78, 5) is 24.3. The molecule has 0 aliphatic rings. The highest BCUT2D eigenvalue weighted by Gasteiger charge is 2.17. The van der Waals surface area contributed by atoms with Crippen molar-refractivity contribution in [1.82, 2.24) is 5.32 Å². The molecule has 26 heavy (non-hydrogen) atoms. The third-order valence-corrected chi connectivity index (χ3v) is 3.90. The van der Waals surface area contributed by atoms with E-state index in [1.807, 2.05) is 30.3 Å². The summed E-state index contributed by atoms with van der Waals surface area (Å²) in [5.74, 6) is 0.213. The van der Waals surface area contributed by atoms with Gasteiger partial charge in [0.25, 0.3) is 5.91 Å². The van der Waals surface area contributed by atoms with Gasteiger partial charge in [-0.3, -0.25) is 4.79 Å². The Morgan fingerprint density at radius 3 is 2.23 bits per heavy atom. The molecule has 2 aromatic carbocycles. The van der Waals surface area contributed by atoms with Crippen LogP contribution in [0.25, 0.3) is 0 Å². The number of benzene rings is 2. The number of hydrogen-bond donors (Lipinski definition) is 1. The minimum Gasteiger partial charge on any atom is -0.497 e. The molecule has 0 aromatic heterocycles. The van der Waals surface area contributed by atoms with Crippen LogP contribution in [0.1, 0.15) is 42.2 Å². The molecule has 0 fully saturated rings. The predicted octanol–water partition coefficient (Wildman–Crippen LogP) is 3.76. The standard InChI is InChI=1S/C21H25NO4/c1-15(2)13-19(16-7-5-4-6-8-16)22-20(23)14-26-21(24)17-9-11-18(25-3)12-10-17/h4-12,15,19H,13-14H2,1-3H3,(H,22,23)/t19-/m0/s1. The third kappa shape index (κ3) is 5.92. The summed E-state index contributed by atoms with van der Waals surface area (Å²) >= 11 is 0. The highest BCUT2D eigenvalue weighted by Crippen LogP contribution is 2.21. The molecule has 0 heterocycles. The highest BCUT2D eigenvalue weighted by atomic mass is 16.5. The molecule has 5 nitrogen and oxygen atoms in total. The van der Waals surface area contributed by atoms with E-state index in [-0.39, 0.29) is 18.6 Å². The van der Waals surface area contributed by atoms with Gasteiger partial charge in [-0.2, -0.15) is 0 Å². The summed E-state index contributed by atoms with van der Waals surface area (Å²) in [6.07, 6.45) is 0.808. The van der Waals surface area contributed by atoms with Gasteiger partial charge in [-0.25, -0.2) is 4.79 Å². The second-order valence-corrected chi connectivity index (χ2v) is 6.46. The zero-order valence-corrected chi connectivity index (χ0v) is 15.4. The number of rotatable bonds is 8. The van der Waals surface area contributed by atoms with Crippen molar-refractivity contribution in [1.29, 1.82) is 0 Å². The predicted molar refractivity (Wildman–Crippen MR) is 100 cm³/mol. The van der Waals surface area contributed by atoms with Crippen molar-refractivity contribution in [3.63, 3.8) is 0 Å². The van der Waals surface area contributed by atoms with Gasteiger partial charge in [0.15, 0.2) is 6.61 Å². The molecule has 0 radical (unpaired) electrons. The molecule has 0 bridgehead atoms. The fourth-order valence-corrected chi connectivity index (χ4v) is 2.61. The summed E-state index contributed by atoms with van der Waals surface area (Å²) in [5.41, 5.74) is 1.41. The van der Waals surface area contributed by atoms with Crippen LogP contribution in [0.3, 0.4) is 0 Å². The smallest absolute Gasteiger partial charge is 0.338 e. The van der Waals surface area contributed by atoms with Crippen LogP contribution in [0.5, 0.6) is 5.75 Å². The van der Waals surface area contributed by atoms with Crippen LogP contribution in [-0.2, 0) is 9.53 Å². The third-order valence-electron chi connectivity index (χ3n) is 3.90. The fraction of sp³-hybridized carbons (Fsp3) is 0.333. The first-order chi connectivity index (χ1) is 12.5. The van der Waals surface area contributed by atoms with E-state index in [2.05, 4.69) is 19.2 Å². The fourth-order valence-electron chi connectivity index (χ4n) is 2.61. The molecule has 0 aliphatic heterocycles. The summed E-state index contributed by atoms with van der Waals surface area (Å²) in [6.45, 7) is 3.89. The Kier molecular flexibility index (Phi) is 7.21. The molecule has 0 spiro atoms. The number of esters is 1. The van der Waals surface area contributed by atoms with Gasteiger partial charge in [-0.15, -0.1) is 0 Å². The number of carbonyl (C=O) groups excluding carboxylic acids is 2. The SMILES string of the molecule is COc1ccc(C(=O)OCC(=O)N[C@@H](CC(C)C)c2ccccc2)cc1. The number of hydrogen-bond acceptors (Lipinski definition) is 4. The minimum absolute atomic E-state index is 0.108. The van der Waals surface area contributed by atoms with Gasteiger partial charge in [-0.05, 0) is 42.2 Å². The van der Waals surface area contributed by atoms with Gasteiger partial charge in [0.2, 0.25) is 0 Å². The van der Waals surface area contributed by atoms with Gasteiger partial charge >= 0.3 is 5.97 Å². The first-order valence-electron chi connectivity index (χ1n) is 8.65. The highest BCUT2D eigenvalue weighted by molar-refractivity contribution is 5.91. The Labute approximate surface area is 154 Å². The molecule has 1 amide bonds. The number of methoxy groups -OCH3 is 1. The second kappa shape index (κ2) is 9.61. The van der Waals surface area contributed by atoms with E-state index in [0.29, 0.717) is 17.2 Å². The Bertz CT molecular complexity index is 711. The van der Waals surface area contributed by atoms with Crippen LogP contribution in [0.15, 0.2) is 54.6 Å². The summed E-state index contributed by atoms with van der Waals surface area (Å²) in [7, 11) is 1.55. The van der Waals surface area contributed by atoms with E-state index in [1.54, 1.807) is 31.4 Å². The maximum Gasteiger partial charge on any atom is 0.338 e.